The minimum atomic E-state index is 0. The highest BCUT2D eigenvalue weighted by Gasteiger charge is 2.21. The average molecular weight is 329 g/mol. The van der Waals surface area contributed by atoms with Crippen molar-refractivity contribution in [2.45, 2.75) is 19.3 Å². The first-order valence-electron chi connectivity index (χ1n) is 7.47. The van der Waals surface area contributed by atoms with Crippen molar-refractivity contribution in [2.24, 2.45) is 11.7 Å². The van der Waals surface area contributed by atoms with Crippen molar-refractivity contribution in [1.82, 2.24) is 4.90 Å². The Kier molecular flexibility index (Phi) is 8.06. The summed E-state index contributed by atoms with van der Waals surface area (Å²) in [6, 6.07) is 7.37. The molecule has 1 aliphatic heterocycles. The number of likely N-dealkylation sites (tertiary alicyclic amines) is 1. The number of hydrogen-bond donors (Lipinski definition) is 1. The van der Waals surface area contributed by atoms with Gasteiger partial charge in [0.05, 0.1) is 20.1 Å². The number of halogens is 1. The van der Waals surface area contributed by atoms with E-state index in [1.807, 2.05) is 29.2 Å². The van der Waals surface area contributed by atoms with Crippen LogP contribution >= 0.6 is 12.4 Å². The van der Waals surface area contributed by atoms with Gasteiger partial charge in [-0.1, -0.05) is 0 Å². The second-order valence-corrected chi connectivity index (χ2v) is 5.33. The lowest BCUT2D eigenvalue weighted by Gasteiger charge is -2.31. The molecular weight excluding hydrogens is 304 g/mol. The van der Waals surface area contributed by atoms with Gasteiger partial charge in [0.1, 0.15) is 11.5 Å². The minimum Gasteiger partial charge on any atom is -0.497 e. The molecule has 6 heteroatoms. The van der Waals surface area contributed by atoms with Crippen molar-refractivity contribution in [1.29, 1.82) is 0 Å². The second kappa shape index (κ2) is 9.54. The maximum absolute atomic E-state index is 12.1. The number of benzene rings is 1. The molecule has 1 aromatic carbocycles. The van der Waals surface area contributed by atoms with Gasteiger partial charge in [-0.3, -0.25) is 4.79 Å². The van der Waals surface area contributed by atoms with E-state index in [0.29, 0.717) is 18.9 Å². The quantitative estimate of drug-likeness (QED) is 0.868. The maximum atomic E-state index is 12.1. The normalized spacial score (nSPS) is 15.1. The van der Waals surface area contributed by atoms with E-state index in [9.17, 15) is 4.79 Å². The number of piperidine rings is 1. The molecule has 5 nitrogen and oxygen atoms in total. The highest BCUT2D eigenvalue weighted by atomic mass is 35.5. The zero-order valence-electron chi connectivity index (χ0n) is 13.0. The Bertz CT molecular complexity index is 445. The third-order valence-electron chi connectivity index (χ3n) is 3.94. The molecule has 1 saturated heterocycles. The number of hydrogen-bond acceptors (Lipinski definition) is 4. The van der Waals surface area contributed by atoms with Crippen molar-refractivity contribution in [3.8, 4) is 11.5 Å². The predicted octanol–water partition coefficient (Wildman–Crippen LogP) is 2.08. The van der Waals surface area contributed by atoms with Crippen molar-refractivity contribution < 1.29 is 14.3 Å². The third-order valence-corrected chi connectivity index (χ3v) is 3.94. The van der Waals surface area contributed by atoms with E-state index in [-0.39, 0.29) is 18.3 Å². The van der Waals surface area contributed by atoms with Gasteiger partial charge in [0.25, 0.3) is 0 Å². The molecule has 1 heterocycles. The largest absolute Gasteiger partial charge is 0.497 e. The van der Waals surface area contributed by atoms with Gasteiger partial charge in [-0.15, -0.1) is 12.4 Å². The van der Waals surface area contributed by atoms with Crippen LogP contribution in [0.5, 0.6) is 11.5 Å². The zero-order chi connectivity index (χ0) is 15.1. The summed E-state index contributed by atoms with van der Waals surface area (Å²) < 4.78 is 10.7. The molecule has 1 fully saturated rings. The number of carbonyl (C=O) groups is 1. The molecule has 0 saturated carbocycles. The summed E-state index contributed by atoms with van der Waals surface area (Å²) in [4.78, 5) is 14.0. The topological polar surface area (TPSA) is 64.8 Å². The van der Waals surface area contributed by atoms with Gasteiger partial charge < -0.3 is 20.1 Å². The SMILES string of the molecule is COc1ccc(OCCC(=O)N2CCC(CN)CC2)cc1.Cl. The van der Waals surface area contributed by atoms with Crippen LogP contribution in [0.3, 0.4) is 0 Å². The fourth-order valence-corrected chi connectivity index (χ4v) is 2.50. The number of nitrogens with zero attached hydrogens (tertiary/aromatic N) is 1. The Labute approximate surface area is 138 Å². The second-order valence-electron chi connectivity index (χ2n) is 5.33. The van der Waals surface area contributed by atoms with E-state index < -0.39 is 0 Å². The first-order chi connectivity index (χ1) is 10.2. The van der Waals surface area contributed by atoms with Gasteiger partial charge in [-0.2, -0.15) is 0 Å². The molecule has 0 aliphatic carbocycles. The van der Waals surface area contributed by atoms with E-state index in [1.165, 1.54) is 0 Å². The zero-order valence-corrected chi connectivity index (χ0v) is 13.8. The van der Waals surface area contributed by atoms with E-state index >= 15 is 0 Å². The summed E-state index contributed by atoms with van der Waals surface area (Å²) in [5, 5.41) is 0. The Balaban J connectivity index is 0.00000242. The van der Waals surface area contributed by atoms with Gasteiger partial charge in [-0.25, -0.2) is 0 Å². The van der Waals surface area contributed by atoms with Crippen molar-refractivity contribution in [2.75, 3.05) is 33.4 Å². The molecule has 0 unspecified atom stereocenters. The summed E-state index contributed by atoms with van der Waals surface area (Å²) >= 11 is 0. The van der Waals surface area contributed by atoms with Gasteiger partial charge in [0.15, 0.2) is 0 Å². The molecule has 0 radical (unpaired) electrons. The highest BCUT2D eigenvalue weighted by Crippen LogP contribution is 2.18. The fourth-order valence-electron chi connectivity index (χ4n) is 2.50. The Morgan fingerprint density at radius 2 is 1.82 bits per heavy atom. The monoisotopic (exact) mass is 328 g/mol. The van der Waals surface area contributed by atoms with E-state index in [1.54, 1.807) is 7.11 Å². The molecule has 2 N–H and O–H groups in total. The summed E-state index contributed by atoms with van der Waals surface area (Å²) in [5.41, 5.74) is 5.66. The number of ether oxygens (including phenoxy) is 2. The molecule has 2 rings (SSSR count). The smallest absolute Gasteiger partial charge is 0.225 e. The molecule has 1 aromatic rings. The summed E-state index contributed by atoms with van der Waals surface area (Å²) in [7, 11) is 1.63. The van der Waals surface area contributed by atoms with Crippen molar-refractivity contribution in [3.05, 3.63) is 24.3 Å². The van der Waals surface area contributed by atoms with Crippen molar-refractivity contribution in [3.63, 3.8) is 0 Å². The van der Waals surface area contributed by atoms with Crippen LogP contribution in [0, 0.1) is 5.92 Å². The van der Waals surface area contributed by atoms with Crippen LogP contribution in [0.15, 0.2) is 24.3 Å². The molecule has 1 aliphatic rings. The van der Waals surface area contributed by atoms with Crippen LogP contribution in [-0.2, 0) is 4.79 Å². The van der Waals surface area contributed by atoms with Crippen LogP contribution in [-0.4, -0.2) is 44.2 Å². The highest BCUT2D eigenvalue weighted by molar-refractivity contribution is 5.85. The molecular formula is C16H25ClN2O3. The minimum absolute atomic E-state index is 0. The van der Waals surface area contributed by atoms with E-state index in [4.69, 9.17) is 15.2 Å². The summed E-state index contributed by atoms with van der Waals surface area (Å²) in [5.74, 6) is 2.29. The lowest BCUT2D eigenvalue weighted by Crippen LogP contribution is -2.40. The van der Waals surface area contributed by atoms with Crippen LogP contribution in [0.25, 0.3) is 0 Å². The van der Waals surface area contributed by atoms with Crippen molar-refractivity contribution >= 4 is 18.3 Å². The lowest BCUT2D eigenvalue weighted by atomic mass is 9.97. The maximum Gasteiger partial charge on any atom is 0.225 e. The first kappa shape index (κ1) is 18.6. The standard InChI is InChI=1S/C16H24N2O3.ClH/c1-20-14-2-4-15(5-3-14)21-11-8-16(19)18-9-6-13(12-17)7-10-18;/h2-5,13H,6-12,17H2,1H3;1H. The Morgan fingerprint density at radius 3 is 2.36 bits per heavy atom. The molecule has 0 aromatic heterocycles. The molecule has 0 spiro atoms. The fraction of sp³-hybridized carbons (Fsp3) is 0.562. The average Bonchev–Trinajstić information content (AvgIpc) is 2.55. The lowest BCUT2D eigenvalue weighted by molar-refractivity contribution is -0.133. The van der Waals surface area contributed by atoms with Gasteiger partial charge in [-0.05, 0) is 49.6 Å². The molecule has 22 heavy (non-hydrogen) atoms. The summed E-state index contributed by atoms with van der Waals surface area (Å²) in [6.07, 6.45) is 2.45. The predicted molar refractivity (Wildman–Crippen MR) is 88.7 cm³/mol. The number of amides is 1. The van der Waals surface area contributed by atoms with Gasteiger partial charge >= 0.3 is 0 Å². The van der Waals surface area contributed by atoms with Crippen LogP contribution < -0.4 is 15.2 Å². The van der Waals surface area contributed by atoms with Crippen LogP contribution in [0.2, 0.25) is 0 Å². The molecule has 0 atom stereocenters. The van der Waals surface area contributed by atoms with E-state index in [0.717, 1.165) is 44.0 Å². The van der Waals surface area contributed by atoms with Gasteiger partial charge in [0.2, 0.25) is 5.91 Å². The van der Waals surface area contributed by atoms with Crippen LogP contribution in [0.4, 0.5) is 0 Å². The van der Waals surface area contributed by atoms with Gasteiger partial charge in [0, 0.05) is 13.1 Å². The Morgan fingerprint density at radius 1 is 1.23 bits per heavy atom. The Hall–Kier alpha value is -1.46. The molecule has 0 bridgehead atoms. The number of rotatable bonds is 6. The molecule has 1 amide bonds. The number of nitrogens with two attached hydrogens (primary N) is 1. The first-order valence-corrected chi connectivity index (χ1v) is 7.47. The van der Waals surface area contributed by atoms with Crippen LogP contribution in [0.1, 0.15) is 19.3 Å². The third kappa shape index (κ3) is 5.39. The number of methoxy groups -OCH3 is 1. The number of carbonyl (C=O) groups excluding carboxylic acids is 1. The summed E-state index contributed by atoms with van der Waals surface area (Å²) in [6.45, 7) is 2.77. The van der Waals surface area contributed by atoms with E-state index in [2.05, 4.69) is 0 Å². The molecule has 124 valence electrons.